The number of carbonyl (C=O) groups is 1. The molecule has 3 nitrogen and oxygen atoms in total. The lowest BCUT2D eigenvalue weighted by Crippen LogP contribution is -2.30. The molecule has 1 atom stereocenters. The summed E-state index contributed by atoms with van der Waals surface area (Å²) in [4.78, 5) is 12.1. The second-order valence-electron chi connectivity index (χ2n) is 4.45. The predicted molar refractivity (Wildman–Crippen MR) is 89.3 cm³/mol. The highest BCUT2D eigenvalue weighted by Crippen LogP contribution is 2.29. The average Bonchev–Trinajstić information content (AvgIpc) is 2.44. The van der Waals surface area contributed by atoms with E-state index in [-0.39, 0.29) is 5.02 Å². The summed E-state index contributed by atoms with van der Waals surface area (Å²) >= 11 is 15.0. The Bertz CT molecular complexity index is 712. The molecule has 1 amide bonds. The fourth-order valence-electron chi connectivity index (χ4n) is 1.64. The first kappa shape index (κ1) is 17.1. The van der Waals surface area contributed by atoms with Gasteiger partial charge >= 0.3 is 0 Å². The molecular weight excluding hydrogens is 396 g/mol. The van der Waals surface area contributed by atoms with Crippen LogP contribution in [0.2, 0.25) is 10.0 Å². The molecule has 22 heavy (non-hydrogen) atoms. The quantitative estimate of drug-likeness (QED) is 0.747. The van der Waals surface area contributed by atoms with Gasteiger partial charge in [-0.2, -0.15) is 0 Å². The molecular formula is C15H11BrCl2FNO2. The molecule has 0 aliphatic heterocycles. The molecule has 2 aromatic carbocycles. The maximum Gasteiger partial charge on any atom is 0.265 e. The van der Waals surface area contributed by atoms with E-state index in [1.54, 1.807) is 25.1 Å². The topological polar surface area (TPSA) is 38.3 Å². The Morgan fingerprint density at radius 3 is 2.64 bits per heavy atom. The molecule has 0 saturated carbocycles. The molecule has 0 spiro atoms. The number of carbonyl (C=O) groups excluding carboxylic acids is 1. The molecule has 0 saturated heterocycles. The second kappa shape index (κ2) is 7.31. The number of rotatable bonds is 4. The van der Waals surface area contributed by atoms with Crippen molar-refractivity contribution in [3.63, 3.8) is 0 Å². The van der Waals surface area contributed by atoms with E-state index in [9.17, 15) is 9.18 Å². The van der Waals surface area contributed by atoms with Gasteiger partial charge in [0.05, 0.1) is 15.2 Å². The van der Waals surface area contributed by atoms with Crippen molar-refractivity contribution >= 4 is 50.7 Å². The summed E-state index contributed by atoms with van der Waals surface area (Å²) in [7, 11) is 0. The third-order valence-corrected chi connectivity index (χ3v) is 3.92. The van der Waals surface area contributed by atoms with E-state index >= 15 is 0 Å². The van der Waals surface area contributed by atoms with Gasteiger partial charge in [0, 0.05) is 5.02 Å². The monoisotopic (exact) mass is 405 g/mol. The van der Waals surface area contributed by atoms with Crippen molar-refractivity contribution in [2.75, 3.05) is 5.32 Å². The molecule has 2 aromatic rings. The Morgan fingerprint density at radius 1 is 1.27 bits per heavy atom. The fourth-order valence-corrected chi connectivity index (χ4v) is 2.63. The smallest absolute Gasteiger partial charge is 0.265 e. The number of hydrogen-bond donors (Lipinski definition) is 1. The first-order valence-electron chi connectivity index (χ1n) is 6.24. The summed E-state index contributed by atoms with van der Waals surface area (Å²) in [5, 5.41) is 3.25. The molecule has 0 fully saturated rings. The van der Waals surface area contributed by atoms with Crippen molar-refractivity contribution in [2.45, 2.75) is 13.0 Å². The first-order valence-corrected chi connectivity index (χ1v) is 7.79. The van der Waals surface area contributed by atoms with Crippen LogP contribution in [0.15, 0.2) is 40.9 Å². The van der Waals surface area contributed by atoms with E-state index in [1.807, 2.05) is 0 Å². The van der Waals surface area contributed by atoms with Gasteiger partial charge < -0.3 is 10.1 Å². The third kappa shape index (κ3) is 4.35. The highest BCUT2D eigenvalue weighted by molar-refractivity contribution is 9.10. The normalized spacial score (nSPS) is 11.9. The Labute approximate surface area is 145 Å². The molecule has 0 aliphatic carbocycles. The van der Waals surface area contributed by atoms with Gasteiger partial charge in [0.1, 0.15) is 11.6 Å². The van der Waals surface area contributed by atoms with Gasteiger partial charge in [0.2, 0.25) is 0 Å². The maximum atomic E-state index is 13.0. The summed E-state index contributed by atoms with van der Waals surface area (Å²) in [6.07, 6.45) is -0.779. The lowest BCUT2D eigenvalue weighted by molar-refractivity contribution is -0.122. The van der Waals surface area contributed by atoms with Crippen molar-refractivity contribution in [1.82, 2.24) is 0 Å². The minimum atomic E-state index is -0.779. The molecule has 0 bridgehead atoms. The molecule has 1 unspecified atom stereocenters. The minimum Gasteiger partial charge on any atom is -0.480 e. The van der Waals surface area contributed by atoms with Crippen LogP contribution >= 0.6 is 39.1 Å². The fraction of sp³-hybridized carbons (Fsp3) is 0.133. The van der Waals surface area contributed by atoms with Gasteiger partial charge in [-0.15, -0.1) is 0 Å². The lowest BCUT2D eigenvalue weighted by atomic mass is 10.3. The van der Waals surface area contributed by atoms with Crippen molar-refractivity contribution in [1.29, 1.82) is 0 Å². The van der Waals surface area contributed by atoms with E-state index in [1.165, 1.54) is 12.1 Å². The van der Waals surface area contributed by atoms with E-state index in [0.29, 0.717) is 20.9 Å². The molecule has 2 rings (SSSR count). The number of benzene rings is 2. The van der Waals surface area contributed by atoms with Gasteiger partial charge in [-0.1, -0.05) is 23.2 Å². The van der Waals surface area contributed by atoms with E-state index in [4.69, 9.17) is 27.9 Å². The Hall–Kier alpha value is -1.30. The number of anilines is 1. The lowest BCUT2D eigenvalue weighted by Gasteiger charge is -2.16. The van der Waals surface area contributed by atoms with Crippen molar-refractivity contribution in [3.8, 4) is 5.75 Å². The molecule has 116 valence electrons. The SMILES string of the molecule is CC(Oc1ccc(Cl)cc1Br)C(=O)Nc1ccc(F)cc1Cl. The van der Waals surface area contributed by atoms with Crippen LogP contribution in [0, 0.1) is 5.82 Å². The molecule has 0 aromatic heterocycles. The highest BCUT2D eigenvalue weighted by Gasteiger charge is 2.17. The van der Waals surface area contributed by atoms with Crippen LogP contribution in [0.3, 0.4) is 0 Å². The van der Waals surface area contributed by atoms with Crippen LogP contribution in [0.25, 0.3) is 0 Å². The largest absolute Gasteiger partial charge is 0.480 e. The third-order valence-electron chi connectivity index (χ3n) is 2.76. The number of nitrogens with one attached hydrogen (secondary N) is 1. The molecule has 0 aliphatic rings. The Morgan fingerprint density at radius 2 is 2.00 bits per heavy atom. The molecule has 1 N–H and O–H groups in total. The standard InChI is InChI=1S/C15H11BrCl2FNO2/c1-8(22-14-5-2-9(17)6-11(14)16)15(21)20-13-4-3-10(19)7-12(13)18/h2-8H,1H3,(H,20,21). The van der Waals surface area contributed by atoms with Gasteiger partial charge in [0.15, 0.2) is 6.10 Å². The number of ether oxygens (including phenoxy) is 1. The van der Waals surface area contributed by atoms with Crippen LogP contribution in [-0.4, -0.2) is 12.0 Å². The molecule has 7 heteroatoms. The Kier molecular flexibility index (Phi) is 5.67. The highest BCUT2D eigenvalue weighted by atomic mass is 79.9. The van der Waals surface area contributed by atoms with Gasteiger partial charge in [-0.05, 0) is 59.3 Å². The molecule has 0 radical (unpaired) electrons. The summed E-state index contributed by atoms with van der Waals surface area (Å²) < 4.78 is 19.2. The van der Waals surface area contributed by atoms with Crippen LogP contribution in [0.4, 0.5) is 10.1 Å². The first-order chi connectivity index (χ1) is 10.4. The second-order valence-corrected chi connectivity index (χ2v) is 6.15. The van der Waals surface area contributed by atoms with Crippen LogP contribution in [0.1, 0.15) is 6.92 Å². The van der Waals surface area contributed by atoms with E-state index in [2.05, 4.69) is 21.2 Å². The van der Waals surface area contributed by atoms with Crippen molar-refractivity contribution in [2.24, 2.45) is 0 Å². The molecule has 0 heterocycles. The Balaban J connectivity index is 2.05. The van der Waals surface area contributed by atoms with Crippen LogP contribution < -0.4 is 10.1 Å². The van der Waals surface area contributed by atoms with Gasteiger partial charge in [-0.3, -0.25) is 4.79 Å². The maximum absolute atomic E-state index is 13.0. The summed E-state index contributed by atoms with van der Waals surface area (Å²) in [6, 6.07) is 8.70. The number of amides is 1. The van der Waals surface area contributed by atoms with Gasteiger partial charge in [0.25, 0.3) is 5.91 Å². The zero-order valence-corrected chi connectivity index (χ0v) is 14.5. The van der Waals surface area contributed by atoms with Crippen LogP contribution in [-0.2, 0) is 4.79 Å². The summed E-state index contributed by atoms with van der Waals surface area (Å²) in [6.45, 7) is 1.59. The minimum absolute atomic E-state index is 0.119. The van der Waals surface area contributed by atoms with Gasteiger partial charge in [-0.25, -0.2) is 4.39 Å². The van der Waals surface area contributed by atoms with Crippen molar-refractivity contribution in [3.05, 3.63) is 56.7 Å². The van der Waals surface area contributed by atoms with Crippen molar-refractivity contribution < 1.29 is 13.9 Å². The number of halogens is 4. The van der Waals surface area contributed by atoms with E-state index < -0.39 is 17.8 Å². The zero-order chi connectivity index (χ0) is 16.3. The average molecular weight is 407 g/mol. The number of hydrogen-bond acceptors (Lipinski definition) is 2. The van der Waals surface area contributed by atoms with Crippen LogP contribution in [0.5, 0.6) is 5.75 Å². The summed E-state index contributed by atoms with van der Waals surface area (Å²) in [5.41, 5.74) is 0.318. The predicted octanol–water partition coefficient (Wildman–Crippen LogP) is 5.30. The van der Waals surface area contributed by atoms with E-state index in [0.717, 1.165) is 6.07 Å². The summed E-state index contributed by atoms with van der Waals surface area (Å²) in [5.74, 6) is -0.398. The zero-order valence-electron chi connectivity index (χ0n) is 11.4.